The number of hydrogen-bond acceptors (Lipinski definition) is 2. The van der Waals surface area contributed by atoms with Gasteiger partial charge >= 0.3 is 12.1 Å². The predicted octanol–water partition coefficient (Wildman–Crippen LogP) is 3.32. The van der Waals surface area contributed by atoms with Gasteiger partial charge in [0.2, 0.25) is 0 Å². The number of esters is 1. The average molecular weight is 315 g/mol. The molecule has 0 bridgehead atoms. The van der Waals surface area contributed by atoms with E-state index < -0.39 is 35.5 Å². The lowest BCUT2D eigenvalue weighted by Gasteiger charge is -2.13. The van der Waals surface area contributed by atoms with E-state index in [2.05, 4.69) is 20.7 Å². The van der Waals surface area contributed by atoms with Crippen LogP contribution in [-0.4, -0.2) is 13.1 Å². The second kappa shape index (κ2) is 5.03. The second-order valence-corrected chi connectivity index (χ2v) is 4.00. The zero-order valence-electron chi connectivity index (χ0n) is 8.57. The summed E-state index contributed by atoms with van der Waals surface area (Å²) in [6.45, 7) is 0. The Bertz CT molecular complexity index is 443. The molecule has 2 nitrogen and oxygen atoms in total. The molecule has 0 saturated heterocycles. The zero-order valence-corrected chi connectivity index (χ0v) is 10.2. The van der Waals surface area contributed by atoms with Crippen LogP contribution in [0.5, 0.6) is 0 Å². The Morgan fingerprint density at radius 3 is 2.47 bits per heavy atom. The van der Waals surface area contributed by atoms with Gasteiger partial charge in [0.25, 0.3) is 0 Å². The Hall–Kier alpha value is -1.11. The van der Waals surface area contributed by atoms with Crippen molar-refractivity contribution in [2.75, 3.05) is 7.11 Å². The Morgan fingerprint density at radius 1 is 1.41 bits per heavy atom. The minimum Gasteiger partial charge on any atom is -0.469 e. The maximum atomic E-state index is 13.4. The van der Waals surface area contributed by atoms with Gasteiger partial charge in [0.05, 0.1) is 23.6 Å². The lowest BCUT2D eigenvalue weighted by Crippen LogP contribution is -2.16. The molecule has 1 aromatic rings. The van der Waals surface area contributed by atoms with E-state index in [1.54, 1.807) is 0 Å². The van der Waals surface area contributed by atoms with Crippen LogP contribution in [0.4, 0.5) is 17.6 Å². The number of methoxy groups -OCH3 is 1. The highest BCUT2D eigenvalue weighted by molar-refractivity contribution is 9.10. The largest absolute Gasteiger partial charge is 0.469 e. The molecule has 0 spiro atoms. The molecule has 1 aromatic carbocycles. The molecule has 0 aliphatic heterocycles. The van der Waals surface area contributed by atoms with Gasteiger partial charge in [0, 0.05) is 0 Å². The summed E-state index contributed by atoms with van der Waals surface area (Å²) in [5.74, 6) is -2.30. The van der Waals surface area contributed by atoms with Gasteiger partial charge in [0.1, 0.15) is 5.82 Å². The third kappa shape index (κ3) is 3.18. The maximum Gasteiger partial charge on any atom is 0.419 e. The van der Waals surface area contributed by atoms with Crippen LogP contribution in [0.25, 0.3) is 0 Å². The van der Waals surface area contributed by atoms with E-state index in [1.165, 1.54) is 0 Å². The highest BCUT2D eigenvalue weighted by Crippen LogP contribution is 2.37. The monoisotopic (exact) mass is 314 g/mol. The van der Waals surface area contributed by atoms with E-state index in [0.717, 1.165) is 19.2 Å². The predicted molar refractivity (Wildman–Crippen MR) is 54.8 cm³/mol. The second-order valence-electron chi connectivity index (χ2n) is 3.15. The average Bonchev–Trinajstić information content (AvgIpc) is 2.21. The fourth-order valence-electron chi connectivity index (χ4n) is 1.27. The van der Waals surface area contributed by atoms with Gasteiger partial charge in [-0.05, 0) is 27.6 Å². The van der Waals surface area contributed by atoms with Crippen LogP contribution in [-0.2, 0) is 22.1 Å². The molecule has 0 aliphatic rings. The first kappa shape index (κ1) is 14.0. The lowest BCUT2D eigenvalue weighted by atomic mass is 10.0. The fourth-order valence-corrected chi connectivity index (χ4v) is 1.60. The molecule has 0 fully saturated rings. The number of carbonyl (C=O) groups is 1. The first-order valence-corrected chi connectivity index (χ1v) is 5.17. The van der Waals surface area contributed by atoms with Crippen molar-refractivity contribution in [2.45, 2.75) is 12.6 Å². The topological polar surface area (TPSA) is 26.3 Å². The Kier molecular flexibility index (Phi) is 4.13. The van der Waals surface area contributed by atoms with Crippen LogP contribution in [0.3, 0.4) is 0 Å². The van der Waals surface area contributed by atoms with E-state index >= 15 is 0 Å². The minimum absolute atomic E-state index is 0.307. The molecule has 0 aliphatic carbocycles. The van der Waals surface area contributed by atoms with Crippen LogP contribution in [0, 0.1) is 5.82 Å². The van der Waals surface area contributed by atoms with E-state index in [4.69, 9.17) is 0 Å². The van der Waals surface area contributed by atoms with Crippen molar-refractivity contribution in [3.63, 3.8) is 0 Å². The molecule has 7 heteroatoms. The van der Waals surface area contributed by atoms with Crippen molar-refractivity contribution < 1.29 is 27.1 Å². The quantitative estimate of drug-likeness (QED) is 0.618. The molecule has 0 aromatic heterocycles. The van der Waals surface area contributed by atoms with Gasteiger partial charge in [-0.3, -0.25) is 4.79 Å². The summed E-state index contributed by atoms with van der Waals surface area (Å²) in [6, 6.07) is 2.15. The molecule has 0 heterocycles. The van der Waals surface area contributed by atoms with Gasteiger partial charge in [0.15, 0.2) is 0 Å². The highest BCUT2D eigenvalue weighted by atomic mass is 79.9. The van der Waals surface area contributed by atoms with Crippen molar-refractivity contribution >= 4 is 21.9 Å². The molecule has 17 heavy (non-hydrogen) atoms. The molecule has 1 rings (SSSR count). The number of carbonyl (C=O) groups excluding carboxylic acids is 1. The smallest absolute Gasteiger partial charge is 0.419 e. The van der Waals surface area contributed by atoms with Crippen LogP contribution in [0.15, 0.2) is 16.6 Å². The van der Waals surface area contributed by atoms with E-state index in [1.807, 2.05) is 0 Å². The Balaban J connectivity index is 3.31. The molecular weight excluding hydrogens is 308 g/mol. The molecule has 0 N–H and O–H groups in total. The van der Waals surface area contributed by atoms with Crippen molar-refractivity contribution in [1.29, 1.82) is 0 Å². The van der Waals surface area contributed by atoms with Gasteiger partial charge in [-0.1, -0.05) is 6.07 Å². The maximum absolute atomic E-state index is 13.4. The van der Waals surface area contributed by atoms with Gasteiger partial charge in [-0.25, -0.2) is 4.39 Å². The van der Waals surface area contributed by atoms with E-state index in [-0.39, 0.29) is 4.47 Å². The first-order chi connectivity index (χ1) is 7.77. The lowest BCUT2D eigenvalue weighted by molar-refractivity contribution is -0.142. The Morgan fingerprint density at radius 2 is 2.00 bits per heavy atom. The molecule has 94 valence electrons. The number of halogens is 5. The number of benzene rings is 1. The highest BCUT2D eigenvalue weighted by Gasteiger charge is 2.38. The van der Waals surface area contributed by atoms with Crippen molar-refractivity contribution in [3.05, 3.63) is 33.5 Å². The van der Waals surface area contributed by atoms with Gasteiger partial charge in [-0.15, -0.1) is 0 Å². The third-order valence-corrected chi connectivity index (χ3v) is 2.64. The van der Waals surface area contributed by atoms with E-state index in [0.29, 0.717) is 0 Å². The van der Waals surface area contributed by atoms with Crippen LogP contribution >= 0.6 is 15.9 Å². The first-order valence-electron chi connectivity index (χ1n) is 4.38. The summed E-state index contributed by atoms with van der Waals surface area (Å²) in [5, 5.41) is 0. The molecular formula is C10H7BrF4O2. The number of alkyl halides is 3. The van der Waals surface area contributed by atoms with Gasteiger partial charge < -0.3 is 4.74 Å². The van der Waals surface area contributed by atoms with Crippen LogP contribution in [0.1, 0.15) is 11.1 Å². The van der Waals surface area contributed by atoms with E-state index in [9.17, 15) is 22.4 Å². The van der Waals surface area contributed by atoms with Crippen molar-refractivity contribution in [3.8, 4) is 0 Å². The number of rotatable bonds is 2. The molecule has 0 unspecified atom stereocenters. The van der Waals surface area contributed by atoms with Crippen molar-refractivity contribution in [2.24, 2.45) is 0 Å². The Labute approximate surface area is 103 Å². The molecule has 0 atom stereocenters. The number of hydrogen-bond donors (Lipinski definition) is 0. The normalized spacial score (nSPS) is 11.4. The van der Waals surface area contributed by atoms with Crippen LogP contribution in [0.2, 0.25) is 0 Å². The molecule has 0 saturated carbocycles. The summed E-state index contributed by atoms with van der Waals surface area (Å²) in [6.07, 6.45) is -5.49. The summed E-state index contributed by atoms with van der Waals surface area (Å²) in [4.78, 5) is 10.9. The summed E-state index contributed by atoms with van der Waals surface area (Å²) in [7, 11) is 1.05. The SMILES string of the molecule is COC(=O)Cc1ccc(Br)c(F)c1C(F)(F)F. The standard InChI is InChI=1S/C10H7BrF4O2/c1-17-7(16)4-5-2-3-6(11)9(12)8(5)10(13,14)15/h2-3H,4H2,1H3. The fraction of sp³-hybridized carbons (Fsp3) is 0.300. The third-order valence-electron chi connectivity index (χ3n) is 2.03. The number of ether oxygens (including phenoxy) is 1. The van der Waals surface area contributed by atoms with Crippen LogP contribution < -0.4 is 0 Å². The van der Waals surface area contributed by atoms with Gasteiger partial charge in [-0.2, -0.15) is 13.2 Å². The summed E-state index contributed by atoms with van der Waals surface area (Å²) < 4.78 is 55.2. The minimum atomic E-state index is -4.86. The zero-order chi connectivity index (χ0) is 13.2. The summed E-state index contributed by atoms with van der Waals surface area (Å²) >= 11 is 2.66. The molecule has 0 amide bonds. The summed E-state index contributed by atoms with van der Waals surface area (Å²) in [5.41, 5.74) is -1.90. The van der Waals surface area contributed by atoms with Crippen molar-refractivity contribution in [1.82, 2.24) is 0 Å². The molecule has 0 radical (unpaired) electrons.